The first-order valence-corrected chi connectivity index (χ1v) is 6.54. The molecular formula is C13H14N6O3. The van der Waals surface area contributed by atoms with Crippen LogP contribution in [0.5, 0.6) is 5.88 Å². The number of aromatic amines is 1. The Morgan fingerprint density at radius 3 is 2.86 bits per heavy atom. The van der Waals surface area contributed by atoms with Gasteiger partial charge in [-0.3, -0.25) is 4.68 Å². The Bertz CT molecular complexity index is 834. The SMILES string of the molecule is Cn1ccc(OCc2c(CO)cccc2-n2nn[nH]c2=O)n1. The lowest BCUT2D eigenvalue weighted by Gasteiger charge is -2.12. The van der Waals surface area contributed by atoms with Crippen molar-refractivity contribution in [3.05, 3.63) is 52.1 Å². The van der Waals surface area contributed by atoms with E-state index in [-0.39, 0.29) is 13.2 Å². The largest absolute Gasteiger partial charge is 0.472 e. The van der Waals surface area contributed by atoms with E-state index in [1.54, 1.807) is 42.2 Å². The molecule has 9 heteroatoms. The smallest absolute Gasteiger partial charge is 0.365 e. The van der Waals surface area contributed by atoms with E-state index in [0.29, 0.717) is 22.7 Å². The number of aliphatic hydroxyl groups excluding tert-OH is 1. The van der Waals surface area contributed by atoms with Gasteiger partial charge in [0, 0.05) is 24.9 Å². The zero-order valence-electron chi connectivity index (χ0n) is 11.8. The van der Waals surface area contributed by atoms with E-state index in [1.165, 1.54) is 0 Å². The average Bonchev–Trinajstić information content (AvgIpc) is 3.13. The molecule has 114 valence electrons. The van der Waals surface area contributed by atoms with Gasteiger partial charge < -0.3 is 9.84 Å². The Labute approximate surface area is 124 Å². The van der Waals surface area contributed by atoms with Crippen molar-refractivity contribution in [3.8, 4) is 11.6 Å². The van der Waals surface area contributed by atoms with E-state index in [1.807, 2.05) is 0 Å². The van der Waals surface area contributed by atoms with Gasteiger partial charge in [-0.1, -0.05) is 12.1 Å². The van der Waals surface area contributed by atoms with Crippen molar-refractivity contribution in [1.29, 1.82) is 0 Å². The van der Waals surface area contributed by atoms with Gasteiger partial charge in [0.1, 0.15) is 6.61 Å². The second-order valence-electron chi connectivity index (χ2n) is 4.61. The lowest BCUT2D eigenvalue weighted by molar-refractivity contribution is 0.265. The van der Waals surface area contributed by atoms with Gasteiger partial charge in [0.05, 0.1) is 12.3 Å². The number of aliphatic hydroxyl groups is 1. The zero-order valence-corrected chi connectivity index (χ0v) is 11.8. The maximum Gasteiger partial charge on any atom is 0.365 e. The van der Waals surface area contributed by atoms with E-state index in [2.05, 4.69) is 20.6 Å². The molecule has 0 fully saturated rings. The molecule has 2 aromatic heterocycles. The van der Waals surface area contributed by atoms with Gasteiger partial charge in [0.25, 0.3) is 0 Å². The quantitative estimate of drug-likeness (QED) is 0.673. The molecule has 2 N–H and O–H groups in total. The molecule has 0 aliphatic heterocycles. The van der Waals surface area contributed by atoms with Crippen LogP contribution in [-0.2, 0) is 20.3 Å². The summed E-state index contributed by atoms with van der Waals surface area (Å²) in [6.45, 7) is -0.0380. The van der Waals surface area contributed by atoms with Gasteiger partial charge >= 0.3 is 5.69 Å². The first-order chi connectivity index (χ1) is 10.7. The maximum atomic E-state index is 11.7. The second kappa shape index (κ2) is 5.82. The molecule has 0 amide bonds. The molecule has 3 rings (SSSR count). The highest BCUT2D eigenvalue weighted by Crippen LogP contribution is 2.19. The first kappa shape index (κ1) is 14.0. The molecule has 0 spiro atoms. The topological polar surface area (TPSA) is 111 Å². The highest BCUT2D eigenvalue weighted by molar-refractivity contribution is 5.45. The van der Waals surface area contributed by atoms with Crippen molar-refractivity contribution < 1.29 is 9.84 Å². The fraction of sp³-hybridized carbons (Fsp3) is 0.231. The molecule has 0 aliphatic carbocycles. The lowest BCUT2D eigenvalue weighted by atomic mass is 10.1. The molecule has 1 aromatic carbocycles. The molecular weight excluding hydrogens is 288 g/mol. The molecule has 0 bridgehead atoms. The van der Waals surface area contributed by atoms with Crippen LogP contribution in [0.4, 0.5) is 0 Å². The van der Waals surface area contributed by atoms with Crippen LogP contribution in [0, 0.1) is 0 Å². The monoisotopic (exact) mass is 302 g/mol. The minimum atomic E-state index is -0.464. The van der Waals surface area contributed by atoms with Gasteiger partial charge in [-0.2, -0.15) is 4.68 Å². The van der Waals surface area contributed by atoms with Gasteiger partial charge in [-0.25, -0.2) is 9.89 Å². The Morgan fingerprint density at radius 2 is 2.23 bits per heavy atom. The lowest BCUT2D eigenvalue weighted by Crippen LogP contribution is -2.19. The summed E-state index contributed by atoms with van der Waals surface area (Å²) >= 11 is 0. The maximum absolute atomic E-state index is 11.7. The highest BCUT2D eigenvalue weighted by Gasteiger charge is 2.14. The minimum Gasteiger partial charge on any atom is -0.472 e. The van der Waals surface area contributed by atoms with Crippen molar-refractivity contribution in [3.63, 3.8) is 0 Å². The summed E-state index contributed by atoms with van der Waals surface area (Å²) in [6.07, 6.45) is 1.76. The molecule has 9 nitrogen and oxygen atoms in total. The van der Waals surface area contributed by atoms with E-state index in [9.17, 15) is 9.90 Å². The predicted octanol–water partition coefficient (Wildman–Crippen LogP) is -0.240. The van der Waals surface area contributed by atoms with Crippen LogP contribution in [0.1, 0.15) is 11.1 Å². The third kappa shape index (κ3) is 2.61. The molecule has 0 saturated heterocycles. The number of tetrazole rings is 1. The molecule has 0 unspecified atom stereocenters. The molecule has 3 aromatic rings. The number of ether oxygens (including phenoxy) is 1. The fourth-order valence-corrected chi connectivity index (χ4v) is 2.11. The third-order valence-electron chi connectivity index (χ3n) is 3.17. The summed E-state index contributed by atoms with van der Waals surface area (Å²) < 4.78 is 8.36. The Balaban J connectivity index is 1.97. The number of aromatic nitrogens is 6. The van der Waals surface area contributed by atoms with Crippen molar-refractivity contribution in [2.45, 2.75) is 13.2 Å². The summed E-state index contributed by atoms with van der Waals surface area (Å²) in [4.78, 5) is 11.7. The normalized spacial score (nSPS) is 10.8. The van der Waals surface area contributed by atoms with Crippen molar-refractivity contribution in [1.82, 2.24) is 30.0 Å². The zero-order chi connectivity index (χ0) is 15.5. The number of nitrogens with one attached hydrogen (secondary N) is 1. The van der Waals surface area contributed by atoms with Crippen molar-refractivity contribution >= 4 is 0 Å². The molecule has 2 heterocycles. The van der Waals surface area contributed by atoms with Gasteiger partial charge in [-0.15, -0.1) is 5.10 Å². The van der Waals surface area contributed by atoms with Gasteiger partial charge in [0.2, 0.25) is 5.88 Å². The van der Waals surface area contributed by atoms with Crippen LogP contribution < -0.4 is 10.4 Å². The number of nitrogens with zero attached hydrogens (tertiary/aromatic N) is 5. The molecule has 22 heavy (non-hydrogen) atoms. The number of H-pyrrole nitrogens is 1. The number of hydrogen-bond donors (Lipinski definition) is 2. The van der Waals surface area contributed by atoms with E-state index in [0.717, 1.165) is 4.68 Å². The van der Waals surface area contributed by atoms with Crippen LogP contribution in [0.3, 0.4) is 0 Å². The van der Waals surface area contributed by atoms with Crippen molar-refractivity contribution in [2.24, 2.45) is 7.05 Å². The molecule has 0 saturated carbocycles. The van der Waals surface area contributed by atoms with E-state index >= 15 is 0 Å². The Morgan fingerprint density at radius 1 is 1.36 bits per heavy atom. The summed E-state index contributed by atoms with van der Waals surface area (Å²) in [5.41, 5.74) is 1.32. The average molecular weight is 302 g/mol. The summed E-state index contributed by atoms with van der Waals surface area (Å²) in [7, 11) is 1.79. The van der Waals surface area contributed by atoms with Crippen molar-refractivity contribution in [2.75, 3.05) is 0 Å². The van der Waals surface area contributed by atoms with Gasteiger partial charge in [-0.05, 0) is 22.1 Å². The number of hydrogen-bond acceptors (Lipinski definition) is 6. The standard InChI is InChI=1S/C13H14N6O3/c1-18-6-5-12(15-18)22-8-10-9(7-20)3-2-4-11(10)19-13(21)14-16-17-19/h2-6,20H,7-8H2,1H3,(H,14,17,21). The van der Waals surface area contributed by atoms with E-state index in [4.69, 9.17) is 4.74 Å². The summed E-state index contributed by atoms with van der Waals surface area (Å²) in [5.74, 6) is 0.452. The van der Waals surface area contributed by atoms with Crippen LogP contribution >= 0.6 is 0 Å². The number of rotatable bonds is 5. The summed E-state index contributed by atoms with van der Waals surface area (Å²) in [5, 5.41) is 23.1. The first-order valence-electron chi connectivity index (χ1n) is 6.54. The summed E-state index contributed by atoms with van der Waals surface area (Å²) in [6, 6.07) is 6.92. The van der Waals surface area contributed by atoms with Crippen LogP contribution in [-0.4, -0.2) is 35.1 Å². The predicted molar refractivity (Wildman–Crippen MR) is 75.4 cm³/mol. The Hall–Kier alpha value is -2.94. The van der Waals surface area contributed by atoms with E-state index < -0.39 is 5.69 Å². The minimum absolute atomic E-state index is 0.141. The van der Waals surface area contributed by atoms with Crippen LogP contribution in [0.25, 0.3) is 5.69 Å². The number of aryl methyl sites for hydroxylation is 1. The molecule has 0 radical (unpaired) electrons. The van der Waals surface area contributed by atoms with Gasteiger partial charge in [0.15, 0.2) is 0 Å². The molecule has 0 aliphatic rings. The fourth-order valence-electron chi connectivity index (χ4n) is 2.11. The van der Waals surface area contributed by atoms with Crippen LogP contribution in [0.2, 0.25) is 0 Å². The van der Waals surface area contributed by atoms with Crippen LogP contribution in [0.15, 0.2) is 35.3 Å². The third-order valence-corrected chi connectivity index (χ3v) is 3.17. The second-order valence-corrected chi connectivity index (χ2v) is 4.61. The number of benzene rings is 1. The molecule has 0 atom stereocenters. The Kier molecular flexibility index (Phi) is 3.71. The highest BCUT2D eigenvalue weighted by atomic mass is 16.5.